The molecule has 1 heterocycles. The largest absolute Gasteiger partial charge is 0.511 e. The van der Waals surface area contributed by atoms with Crippen molar-refractivity contribution in [2.45, 2.75) is 6.92 Å². The van der Waals surface area contributed by atoms with Crippen LogP contribution in [0.3, 0.4) is 0 Å². The summed E-state index contributed by atoms with van der Waals surface area (Å²) in [7, 11) is 0. The number of benzene rings is 3. The minimum atomic E-state index is -2.38. The van der Waals surface area contributed by atoms with Crippen molar-refractivity contribution in [3.63, 3.8) is 0 Å². The van der Waals surface area contributed by atoms with Crippen molar-refractivity contribution in [1.82, 2.24) is 9.78 Å². The van der Waals surface area contributed by atoms with Gasteiger partial charge in [-0.15, -0.1) is 10.2 Å². The maximum absolute atomic E-state index is 14.2. The van der Waals surface area contributed by atoms with Gasteiger partial charge in [0.25, 0.3) is 5.56 Å². The van der Waals surface area contributed by atoms with Crippen LogP contribution < -0.4 is 10.3 Å². The number of halogens is 5. The number of phenols is 1. The molecule has 0 saturated carbocycles. The van der Waals surface area contributed by atoms with Crippen LogP contribution in [0, 0.1) is 36.0 Å². The van der Waals surface area contributed by atoms with Crippen molar-refractivity contribution in [3.8, 4) is 28.3 Å². The average molecular weight is 520 g/mol. The van der Waals surface area contributed by atoms with E-state index in [0.717, 1.165) is 0 Å². The van der Waals surface area contributed by atoms with E-state index < -0.39 is 57.9 Å². The Balaban J connectivity index is 1.75. The molecule has 3 N–H and O–H groups in total. The van der Waals surface area contributed by atoms with Crippen LogP contribution in [-0.2, 0) is 0 Å². The minimum absolute atomic E-state index is 0.0203. The van der Waals surface area contributed by atoms with Crippen LogP contribution in [-0.4, -0.2) is 26.1 Å². The standard InChI is InChI=1S/C23H13F5N4O5/c1-9-19(22(34)32(31-9)20-17(27)15(25)14(24)16(26)18(20)28)30-29-13-7-3-6-12(21(13)33)10-4-2-5-11(8-10)37-23(35)36/h2-8,31,33H,1H3,(H,35,36). The number of aromatic hydroxyl groups is 1. The lowest BCUT2D eigenvalue weighted by molar-refractivity contribution is 0.144. The number of nitrogens with zero attached hydrogens (tertiary/aromatic N) is 3. The molecule has 14 heteroatoms. The Morgan fingerprint density at radius 3 is 2.22 bits per heavy atom. The molecule has 0 amide bonds. The predicted octanol–water partition coefficient (Wildman–Crippen LogP) is 6.01. The summed E-state index contributed by atoms with van der Waals surface area (Å²) in [5, 5.41) is 29.1. The number of rotatable bonds is 5. The number of carbonyl (C=O) groups is 1. The normalized spacial score (nSPS) is 11.3. The molecular formula is C23H13F5N4O5. The lowest BCUT2D eigenvalue weighted by Crippen LogP contribution is -2.19. The first-order chi connectivity index (χ1) is 17.5. The van der Waals surface area contributed by atoms with Gasteiger partial charge in [0.1, 0.15) is 17.1 Å². The van der Waals surface area contributed by atoms with Crippen molar-refractivity contribution in [2.75, 3.05) is 0 Å². The lowest BCUT2D eigenvalue weighted by atomic mass is 10.0. The van der Waals surface area contributed by atoms with Gasteiger partial charge in [-0.1, -0.05) is 24.3 Å². The molecular weight excluding hydrogens is 507 g/mol. The van der Waals surface area contributed by atoms with Crippen LogP contribution in [0.2, 0.25) is 0 Å². The Hall–Kier alpha value is -5.01. The molecule has 3 aromatic carbocycles. The van der Waals surface area contributed by atoms with E-state index in [9.17, 15) is 36.6 Å². The minimum Gasteiger partial charge on any atom is -0.505 e. The van der Waals surface area contributed by atoms with E-state index in [4.69, 9.17) is 5.11 Å². The Kier molecular flexibility index (Phi) is 6.49. The number of phenolic OH excluding ortho intramolecular Hbond substituents is 1. The number of aryl methyl sites for hydroxylation is 1. The highest BCUT2D eigenvalue weighted by Crippen LogP contribution is 2.39. The Bertz CT molecular complexity index is 1620. The zero-order valence-corrected chi connectivity index (χ0v) is 18.4. The van der Waals surface area contributed by atoms with Gasteiger partial charge in [-0.05, 0) is 30.7 Å². The van der Waals surface area contributed by atoms with Crippen LogP contribution in [0.15, 0.2) is 57.5 Å². The summed E-state index contributed by atoms with van der Waals surface area (Å²) in [5.41, 5.74) is -3.10. The third-order valence-electron chi connectivity index (χ3n) is 5.07. The third-order valence-corrected chi connectivity index (χ3v) is 5.07. The van der Waals surface area contributed by atoms with E-state index in [2.05, 4.69) is 20.1 Å². The van der Waals surface area contributed by atoms with Crippen LogP contribution >= 0.6 is 0 Å². The molecule has 0 bridgehead atoms. The topological polar surface area (TPSA) is 129 Å². The summed E-state index contributed by atoms with van der Waals surface area (Å²) in [6.45, 7) is 1.24. The summed E-state index contributed by atoms with van der Waals surface area (Å²) in [4.78, 5) is 23.5. The molecule has 190 valence electrons. The SMILES string of the molecule is Cc1[nH]n(-c2c(F)c(F)c(F)c(F)c2F)c(=O)c1N=Nc1cccc(-c2cccc(OC(=O)O)c2)c1O. The number of hydrogen-bond donors (Lipinski definition) is 3. The first-order valence-corrected chi connectivity index (χ1v) is 10.1. The first kappa shape index (κ1) is 25.1. The summed E-state index contributed by atoms with van der Waals surface area (Å²) in [5.74, 6) is -11.8. The number of ether oxygens (including phenoxy) is 1. The van der Waals surface area contributed by atoms with Gasteiger partial charge < -0.3 is 14.9 Å². The second-order valence-corrected chi connectivity index (χ2v) is 7.41. The zero-order chi connectivity index (χ0) is 27.0. The zero-order valence-electron chi connectivity index (χ0n) is 18.4. The maximum Gasteiger partial charge on any atom is 0.511 e. The number of azo groups is 1. The number of H-pyrrole nitrogens is 1. The molecule has 1 aromatic heterocycles. The fraction of sp³-hybridized carbons (Fsp3) is 0.0435. The van der Waals surface area contributed by atoms with Crippen molar-refractivity contribution in [3.05, 3.63) is 87.6 Å². The van der Waals surface area contributed by atoms with Crippen molar-refractivity contribution in [2.24, 2.45) is 10.2 Å². The second-order valence-electron chi connectivity index (χ2n) is 7.41. The highest BCUT2D eigenvalue weighted by Gasteiger charge is 2.29. The van der Waals surface area contributed by atoms with E-state index in [1.165, 1.54) is 43.3 Å². The number of carboxylic acid groups (broad SMARTS) is 1. The molecule has 4 aromatic rings. The maximum atomic E-state index is 14.2. The molecule has 0 aliphatic heterocycles. The van der Waals surface area contributed by atoms with Crippen LogP contribution in [0.5, 0.6) is 11.5 Å². The number of nitrogens with one attached hydrogen (secondary N) is 1. The highest BCUT2D eigenvalue weighted by molar-refractivity contribution is 5.77. The fourth-order valence-corrected chi connectivity index (χ4v) is 3.38. The van der Waals surface area contributed by atoms with Gasteiger partial charge in [-0.3, -0.25) is 9.89 Å². The molecule has 9 nitrogen and oxygen atoms in total. The highest BCUT2D eigenvalue weighted by atomic mass is 19.2. The van der Waals surface area contributed by atoms with Gasteiger partial charge in [-0.25, -0.2) is 31.4 Å². The molecule has 0 aliphatic rings. The predicted molar refractivity (Wildman–Crippen MR) is 117 cm³/mol. The Morgan fingerprint density at radius 1 is 0.946 bits per heavy atom. The van der Waals surface area contributed by atoms with E-state index in [1.54, 1.807) is 6.07 Å². The van der Waals surface area contributed by atoms with Gasteiger partial charge in [-0.2, -0.15) is 0 Å². The molecule has 0 atom stereocenters. The third kappa shape index (κ3) is 4.51. The van der Waals surface area contributed by atoms with E-state index in [0.29, 0.717) is 5.56 Å². The second kappa shape index (κ2) is 9.56. The average Bonchev–Trinajstić information content (AvgIpc) is 3.13. The number of para-hydroxylation sites is 1. The van der Waals surface area contributed by atoms with E-state index in [1.807, 2.05) is 0 Å². The molecule has 0 spiro atoms. The number of aromatic nitrogens is 2. The summed E-state index contributed by atoms with van der Waals surface area (Å²) in [6, 6.07) is 9.99. The van der Waals surface area contributed by atoms with Crippen LogP contribution in [0.25, 0.3) is 16.8 Å². The summed E-state index contributed by atoms with van der Waals surface area (Å²) >= 11 is 0. The van der Waals surface area contributed by atoms with Gasteiger partial charge in [0, 0.05) is 5.56 Å². The molecule has 0 radical (unpaired) electrons. The Morgan fingerprint density at radius 2 is 1.57 bits per heavy atom. The smallest absolute Gasteiger partial charge is 0.505 e. The molecule has 37 heavy (non-hydrogen) atoms. The van der Waals surface area contributed by atoms with Gasteiger partial charge in [0.2, 0.25) is 5.82 Å². The van der Waals surface area contributed by atoms with E-state index in [-0.39, 0.29) is 27.4 Å². The lowest BCUT2D eigenvalue weighted by Gasteiger charge is -2.08. The monoisotopic (exact) mass is 520 g/mol. The molecule has 0 fully saturated rings. The molecule has 0 unspecified atom stereocenters. The van der Waals surface area contributed by atoms with E-state index >= 15 is 0 Å². The Labute approximate surface area is 202 Å². The van der Waals surface area contributed by atoms with Crippen molar-refractivity contribution < 1.29 is 41.7 Å². The molecule has 0 aliphatic carbocycles. The molecule has 4 rings (SSSR count). The van der Waals surface area contributed by atoms with Crippen molar-refractivity contribution in [1.29, 1.82) is 0 Å². The van der Waals surface area contributed by atoms with Crippen LogP contribution in [0.4, 0.5) is 38.1 Å². The van der Waals surface area contributed by atoms with Gasteiger partial charge in [0.15, 0.2) is 34.7 Å². The van der Waals surface area contributed by atoms with Gasteiger partial charge in [0.05, 0.1) is 5.69 Å². The number of aromatic amines is 1. The van der Waals surface area contributed by atoms with Gasteiger partial charge >= 0.3 is 6.16 Å². The summed E-state index contributed by atoms with van der Waals surface area (Å²) in [6.07, 6.45) is -1.54. The fourth-order valence-electron chi connectivity index (χ4n) is 3.38. The molecule has 0 saturated heterocycles. The number of hydrogen-bond acceptors (Lipinski definition) is 6. The summed E-state index contributed by atoms with van der Waals surface area (Å²) < 4.78 is 73.6. The quantitative estimate of drug-likeness (QED) is 0.0741. The van der Waals surface area contributed by atoms with Crippen LogP contribution in [0.1, 0.15) is 5.69 Å². The first-order valence-electron chi connectivity index (χ1n) is 10.1. The van der Waals surface area contributed by atoms with Crippen molar-refractivity contribution >= 4 is 17.5 Å².